The summed E-state index contributed by atoms with van der Waals surface area (Å²) in [6, 6.07) is 17.2. The Balaban J connectivity index is 1.86. The number of nitrogens with one attached hydrogen (secondary N) is 1. The number of aromatic nitrogens is 2. The summed E-state index contributed by atoms with van der Waals surface area (Å²) < 4.78 is 6.92. The highest BCUT2D eigenvalue weighted by Gasteiger charge is 2.24. The van der Waals surface area contributed by atoms with Crippen LogP contribution in [-0.4, -0.2) is 53.3 Å². The molecule has 0 bridgehead atoms. The van der Waals surface area contributed by atoms with Crippen molar-refractivity contribution in [3.8, 4) is 5.69 Å². The van der Waals surface area contributed by atoms with Crippen LogP contribution in [0, 0.1) is 13.8 Å². The zero-order valence-corrected chi connectivity index (χ0v) is 21.6. The summed E-state index contributed by atoms with van der Waals surface area (Å²) in [5.74, 6) is 0.117. The third-order valence-corrected chi connectivity index (χ3v) is 5.79. The topological polar surface area (TPSA) is 76.5 Å². The van der Waals surface area contributed by atoms with Crippen molar-refractivity contribution in [2.24, 2.45) is 0 Å². The van der Waals surface area contributed by atoms with Crippen LogP contribution in [-0.2, 0) is 14.9 Å². The maximum atomic E-state index is 13.2. The molecule has 0 radical (unpaired) electrons. The Hall–Kier alpha value is -3.45. The summed E-state index contributed by atoms with van der Waals surface area (Å²) in [6.07, 6.45) is 0.636. The van der Waals surface area contributed by atoms with Crippen molar-refractivity contribution in [2.45, 2.75) is 46.5 Å². The molecule has 35 heavy (non-hydrogen) atoms. The van der Waals surface area contributed by atoms with Gasteiger partial charge in [-0.2, -0.15) is 5.10 Å². The number of carbonyl (C=O) groups excluding carboxylic acids is 2. The number of nitrogens with zero attached hydrogens (tertiary/aromatic N) is 3. The van der Waals surface area contributed by atoms with E-state index in [9.17, 15) is 9.59 Å². The van der Waals surface area contributed by atoms with Crippen molar-refractivity contribution in [3.05, 3.63) is 77.0 Å². The van der Waals surface area contributed by atoms with Crippen LogP contribution in [0.1, 0.15) is 54.4 Å². The van der Waals surface area contributed by atoms with Crippen LogP contribution in [0.5, 0.6) is 0 Å². The zero-order chi connectivity index (χ0) is 25.6. The molecule has 0 aliphatic heterocycles. The first-order valence-electron chi connectivity index (χ1n) is 11.9. The lowest BCUT2D eigenvalue weighted by atomic mass is 9.92. The quantitative estimate of drug-likeness (QED) is 0.446. The fraction of sp³-hybridized carbons (Fsp3) is 0.393. The van der Waals surface area contributed by atoms with E-state index in [0.29, 0.717) is 31.0 Å². The van der Waals surface area contributed by atoms with Gasteiger partial charge in [0, 0.05) is 37.3 Å². The minimum atomic E-state index is -0.280. The molecule has 7 heteroatoms. The molecule has 3 aromatic rings. The lowest BCUT2D eigenvalue weighted by molar-refractivity contribution is -0.117. The van der Waals surface area contributed by atoms with Crippen LogP contribution in [0.2, 0.25) is 0 Å². The molecule has 0 unspecified atom stereocenters. The van der Waals surface area contributed by atoms with Crippen molar-refractivity contribution in [2.75, 3.05) is 32.1 Å². The molecule has 0 saturated heterocycles. The van der Waals surface area contributed by atoms with Gasteiger partial charge in [-0.1, -0.05) is 56.7 Å². The summed E-state index contributed by atoms with van der Waals surface area (Å²) in [5.41, 5.74) is 4.24. The fourth-order valence-electron chi connectivity index (χ4n) is 3.71. The van der Waals surface area contributed by atoms with Gasteiger partial charge in [0.05, 0.1) is 11.4 Å². The standard InChI is InChI=1S/C28H36N4O3/c1-20-12-14-22(15-13-20)27(34)31(16-9-17-35-6)19-26(33)29-25-18-24(28(3,4)5)30-32(25)23-11-8-7-10-21(23)2/h7-8,10-15,18H,9,16-17,19H2,1-6H3,(H,29,33). The van der Waals surface area contributed by atoms with Gasteiger partial charge in [-0.05, 0) is 44.0 Å². The average Bonchev–Trinajstić information content (AvgIpc) is 3.23. The van der Waals surface area contributed by atoms with Crippen LogP contribution in [0.4, 0.5) is 5.82 Å². The molecule has 1 N–H and O–H groups in total. The highest BCUT2D eigenvalue weighted by atomic mass is 16.5. The Kier molecular flexibility index (Phi) is 8.46. The predicted octanol–water partition coefficient (Wildman–Crippen LogP) is 4.90. The number of rotatable bonds is 9. The highest BCUT2D eigenvalue weighted by Crippen LogP contribution is 2.27. The number of hydrogen-bond donors (Lipinski definition) is 1. The molecule has 0 aliphatic carbocycles. The third-order valence-electron chi connectivity index (χ3n) is 5.79. The van der Waals surface area contributed by atoms with Gasteiger partial charge in [0.25, 0.3) is 5.91 Å². The number of hydrogen-bond acceptors (Lipinski definition) is 4. The number of methoxy groups -OCH3 is 1. The molecule has 2 aromatic carbocycles. The van der Waals surface area contributed by atoms with Crippen molar-refractivity contribution in [3.63, 3.8) is 0 Å². The van der Waals surface area contributed by atoms with E-state index in [-0.39, 0.29) is 23.8 Å². The number of para-hydroxylation sites is 1. The second-order valence-corrected chi connectivity index (χ2v) is 9.85. The van der Waals surface area contributed by atoms with E-state index in [1.807, 2.05) is 56.3 Å². The summed E-state index contributed by atoms with van der Waals surface area (Å²) >= 11 is 0. The first kappa shape index (κ1) is 26.2. The highest BCUT2D eigenvalue weighted by molar-refractivity contribution is 5.99. The lowest BCUT2D eigenvalue weighted by Crippen LogP contribution is -2.39. The van der Waals surface area contributed by atoms with Crippen LogP contribution in [0.3, 0.4) is 0 Å². The van der Waals surface area contributed by atoms with E-state index in [1.165, 1.54) is 0 Å². The van der Waals surface area contributed by atoms with Gasteiger partial charge in [-0.3, -0.25) is 9.59 Å². The number of carbonyl (C=O) groups is 2. The number of anilines is 1. The summed E-state index contributed by atoms with van der Waals surface area (Å²) in [4.78, 5) is 28.0. The third kappa shape index (κ3) is 6.79. The van der Waals surface area contributed by atoms with Crippen LogP contribution < -0.4 is 5.32 Å². The number of amides is 2. The number of ether oxygens (including phenoxy) is 1. The largest absolute Gasteiger partial charge is 0.385 e. The normalized spacial score (nSPS) is 11.4. The Morgan fingerprint density at radius 1 is 1.06 bits per heavy atom. The molecular formula is C28H36N4O3. The Labute approximate surface area is 208 Å². The van der Waals surface area contributed by atoms with Crippen LogP contribution in [0.25, 0.3) is 5.69 Å². The lowest BCUT2D eigenvalue weighted by Gasteiger charge is -2.22. The van der Waals surface area contributed by atoms with Crippen molar-refractivity contribution in [1.82, 2.24) is 14.7 Å². The summed E-state index contributed by atoms with van der Waals surface area (Å²) in [5, 5.41) is 7.80. The second kappa shape index (κ2) is 11.3. The van der Waals surface area contributed by atoms with Crippen LogP contribution in [0.15, 0.2) is 54.6 Å². The Bertz CT molecular complexity index is 1160. The van der Waals surface area contributed by atoms with Gasteiger partial charge in [0.1, 0.15) is 12.4 Å². The molecule has 1 heterocycles. The van der Waals surface area contributed by atoms with Gasteiger partial charge in [0.15, 0.2) is 0 Å². The first-order valence-corrected chi connectivity index (χ1v) is 11.9. The molecule has 0 fully saturated rings. The van der Waals surface area contributed by atoms with E-state index in [2.05, 4.69) is 26.1 Å². The molecule has 3 rings (SSSR count). The minimum Gasteiger partial charge on any atom is -0.385 e. The minimum absolute atomic E-state index is 0.0692. The SMILES string of the molecule is COCCCN(CC(=O)Nc1cc(C(C)(C)C)nn1-c1ccccc1C)C(=O)c1ccc(C)cc1. The van der Waals surface area contributed by atoms with Crippen molar-refractivity contribution < 1.29 is 14.3 Å². The van der Waals surface area contributed by atoms with E-state index in [4.69, 9.17) is 9.84 Å². The molecular weight excluding hydrogens is 440 g/mol. The first-order chi connectivity index (χ1) is 16.6. The van der Waals surface area contributed by atoms with Gasteiger partial charge in [-0.15, -0.1) is 0 Å². The monoisotopic (exact) mass is 476 g/mol. The van der Waals surface area contributed by atoms with E-state index in [0.717, 1.165) is 22.5 Å². The number of benzene rings is 2. The summed E-state index contributed by atoms with van der Waals surface area (Å²) in [7, 11) is 1.62. The van der Waals surface area contributed by atoms with Gasteiger partial charge in [-0.25, -0.2) is 4.68 Å². The zero-order valence-electron chi connectivity index (χ0n) is 21.6. The molecule has 186 valence electrons. The second-order valence-electron chi connectivity index (χ2n) is 9.85. The predicted molar refractivity (Wildman–Crippen MR) is 139 cm³/mol. The maximum Gasteiger partial charge on any atom is 0.254 e. The molecule has 0 saturated carbocycles. The summed E-state index contributed by atoms with van der Waals surface area (Å²) in [6.45, 7) is 11.1. The number of aryl methyl sites for hydroxylation is 2. The molecule has 0 spiro atoms. The van der Waals surface area contributed by atoms with Crippen LogP contribution >= 0.6 is 0 Å². The molecule has 1 aromatic heterocycles. The maximum absolute atomic E-state index is 13.2. The average molecular weight is 477 g/mol. The van der Waals surface area contributed by atoms with Gasteiger partial charge < -0.3 is 15.0 Å². The van der Waals surface area contributed by atoms with Gasteiger partial charge >= 0.3 is 0 Å². The van der Waals surface area contributed by atoms with Gasteiger partial charge in [0.2, 0.25) is 5.91 Å². The Morgan fingerprint density at radius 3 is 2.37 bits per heavy atom. The molecule has 7 nitrogen and oxygen atoms in total. The van der Waals surface area contributed by atoms with Crippen molar-refractivity contribution >= 4 is 17.6 Å². The van der Waals surface area contributed by atoms with E-state index >= 15 is 0 Å². The molecule has 0 atom stereocenters. The fourth-order valence-corrected chi connectivity index (χ4v) is 3.71. The Morgan fingerprint density at radius 2 is 1.74 bits per heavy atom. The van der Waals surface area contributed by atoms with E-state index in [1.54, 1.807) is 28.8 Å². The molecule has 2 amide bonds. The smallest absolute Gasteiger partial charge is 0.254 e. The van der Waals surface area contributed by atoms with Crippen molar-refractivity contribution in [1.29, 1.82) is 0 Å². The molecule has 0 aliphatic rings. The van der Waals surface area contributed by atoms with E-state index < -0.39 is 0 Å².